The van der Waals surface area contributed by atoms with Gasteiger partial charge in [0.1, 0.15) is 11.6 Å². The fourth-order valence-electron chi connectivity index (χ4n) is 1.72. The summed E-state index contributed by atoms with van der Waals surface area (Å²) >= 11 is 12.6. The Labute approximate surface area is 132 Å². The molecule has 0 amide bonds. The van der Waals surface area contributed by atoms with Gasteiger partial charge in [0.05, 0.1) is 5.02 Å². The lowest BCUT2D eigenvalue weighted by Gasteiger charge is -2.12. The quantitative estimate of drug-likeness (QED) is 0.426. The van der Waals surface area contributed by atoms with E-state index < -0.39 is 0 Å². The average Bonchev–Trinajstić information content (AvgIpc) is 2.36. The summed E-state index contributed by atoms with van der Waals surface area (Å²) in [6.45, 7) is 0. The van der Waals surface area contributed by atoms with Gasteiger partial charge in [-0.05, 0) is 52.2 Å². The number of hydrogen-bond donors (Lipinski definition) is 0. The molecular formula is C14H9Br2ClF2. The van der Waals surface area contributed by atoms with E-state index in [1.165, 1.54) is 18.2 Å². The van der Waals surface area contributed by atoms with Crippen molar-refractivity contribution in [2.24, 2.45) is 0 Å². The molecule has 2 rings (SSSR count). The molecule has 0 nitrogen and oxygen atoms in total. The van der Waals surface area contributed by atoms with Crippen LogP contribution in [0.1, 0.15) is 16.0 Å². The SMILES string of the molecule is Fc1ccc(CC(Br)c2cc(Cl)c(Br)cc2F)cc1. The third-order valence-corrected chi connectivity index (χ3v) is 4.72. The van der Waals surface area contributed by atoms with Crippen LogP contribution in [0.25, 0.3) is 0 Å². The third kappa shape index (κ3) is 3.77. The van der Waals surface area contributed by atoms with Crippen molar-refractivity contribution in [3.8, 4) is 0 Å². The van der Waals surface area contributed by atoms with Crippen molar-refractivity contribution in [1.82, 2.24) is 0 Å². The van der Waals surface area contributed by atoms with Crippen molar-refractivity contribution < 1.29 is 8.78 Å². The first kappa shape index (κ1) is 14.9. The van der Waals surface area contributed by atoms with Crippen LogP contribution in [-0.4, -0.2) is 0 Å². The van der Waals surface area contributed by atoms with Crippen molar-refractivity contribution in [3.63, 3.8) is 0 Å². The molecule has 5 heteroatoms. The van der Waals surface area contributed by atoms with Gasteiger partial charge >= 0.3 is 0 Å². The Morgan fingerprint density at radius 3 is 2.37 bits per heavy atom. The van der Waals surface area contributed by atoms with Crippen molar-refractivity contribution in [2.45, 2.75) is 11.2 Å². The first-order valence-corrected chi connectivity index (χ1v) is 7.59. The zero-order valence-electron chi connectivity index (χ0n) is 9.64. The highest BCUT2D eigenvalue weighted by Crippen LogP contribution is 2.34. The largest absolute Gasteiger partial charge is 0.207 e. The summed E-state index contributed by atoms with van der Waals surface area (Å²) in [6.07, 6.45) is 0.551. The fourth-order valence-corrected chi connectivity index (χ4v) is 2.93. The van der Waals surface area contributed by atoms with Gasteiger partial charge in [0.15, 0.2) is 0 Å². The summed E-state index contributed by atoms with van der Waals surface area (Å²) in [5.74, 6) is -0.618. The van der Waals surface area contributed by atoms with Gasteiger partial charge in [-0.2, -0.15) is 0 Å². The van der Waals surface area contributed by atoms with Gasteiger partial charge in [0.2, 0.25) is 0 Å². The van der Waals surface area contributed by atoms with E-state index in [-0.39, 0.29) is 16.5 Å². The van der Waals surface area contributed by atoms with Gasteiger partial charge in [0.25, 0.3) is 0 Å². The number of rotatable bonds is 3. The maximum Gasteiger partial charge on any atom is 0.128 e. The van der Waals surface area contributed by atoms with Crippen molar-refractivity contribution in [1.29, 1.82) is 0 Å². The summed E-state index contributed by atoms with van der Waals surface area (Å²) in [4.78, 5) is -0.219. The molecule has 0 radical (unpaired) electrons. The Morgan fingerprint density at radius 2 is 1.74 bits per heavy atom. The lowest BCUT2D eigenvalue weighted by atomic mass is 10.0. The van der Waals surface area contributed by atoms with Gasteiger partial charge < -0.3 is 0 Å². The first-order chi connectivity index (χ1) is 8.97. The first-order valence-electron chi connectivity index (χ1n) is 5.50. The monoisotopic (exact) mass is 408 g/mol. The van der Waals surface area contributed by atoms with E-state index >= 15 is 0 Å². The smallest absolute Gasteiger partial charge is 0.128 e. The molecule has 0 bridgehead atoms. The third-order valence-electron chi connectivity index (χ3n) is 2.71. The Morgan fingerprint density at radius 1 is 1.11 bits per heavy atom. The van der Waals surface area contributed by atoms with Gasteiger partial charge in [-0.25, -0.2) is 8.78 Å². The van der Waals surface area contributed by atoms with Crippen molar-refractivity contribution >= 4 is 43.5 Å². The Hall–Kier alpha value is -0.450. The minimum atomic E-state index is -0.333. The van der Waals surface area contributed by atoms with E-state index in [9.17, 15) is 8.78 Å². The molecule has 0 heterocycles. The van der Waals surface area contributed by atoms with Crippen LogP contribution in [0, 0.1) is 11.6 Å². The predicted molar refractivity (Wildman–Crippen MR) is 80.9 cm³/mol. The summed E-state index contributed by atoms with van der Waals surface area (Å²) in [5.41, 5.74) is 1.40. The summed E-state index contributed by atoms with van der Waals surface area (Å²) in [6, 6.07) is 9.07. The van der Waals surface area contributed by atoms with Gasteiger partial charge in [0, 0.05) is 14.9 Å². The Balaban J connectivity index is 2.22. The lowest BCUT2D eigenvalue weighted by Crippen LogP contribution is -1.99. The molecule has 0 fully saturated rings. The van der Waals surface area contributed by atoms with Gasteiger partial charge in [-0.1, -0.05) is 39.7 Å². The molecule has 0 saturated heterocycles. The molecule has 0 aliphatic heterocycles. The highest BCUT2D eigenvalue weighted by Gasteiger charge is 2.15. The molecule has 19 heavy (non-hydrogen) atoms. The summed E-state index contributed by atoms with van der Waals surface area (Å²) in [5, 5.41) is 0.458. The normalized spacial score (nSPS) is 12.5. The number of benzene rings is 2. The van der Waals surface area contributed by atoms with E-state index in [0.29, 0.717) is 21.5 Å². The number of halogens is 5. The molecule has 100 valence electrons. The van der Waals surface area contributed by atoms with Crippen molar-refractivity contribution in [3.05, 3.63) is 68.7 Å². The summed E-state index contributed by atoms with van der Waals surface area (Å²) in [7, 11) is 0. The van der Waals surface area contributed by atoms with E-state index in [0.717, 1.165) is 5.56 Å². The Bertz CT molecular complexity index is 585. The average molecular weight is 410 g/mol. The topological polar surface area (TPSA) is 0 Å². The minimum absolute atomic E-state index is 0.219. The minimum Gasteiger partial charge on any atom is -0.207 e. The standard InChI is InChI=1S/C14H9Br2ClF2/c15-11(5-8-1-3-9(18)4-2-8)10-6-13(17)12(16)7-14(10)19/h1-4,6-7,11H,5H2. The maximum absolute atomic E-state index is 13.9. The van der Waals surface area contributed by atoms with Gasteiger partial charge in [-0.15, -0.1) is 0 Å². The molecule has 2 aromatic rings. The predicted octanol–water partition coefficient (Wildman–Crippen LogP) is 6.06. The van der Waals surface area contributed by atoms with Crippen LogP contribution in [0.4, 0.5) is 8.78 Å². The van der Waals surface area contributed by atoms with Crippen LogP contribution in [0.3, 0.4) is 0 Å². The molecular weight excluding hydrogens is 401 g/mol. The van der Waals surface area contributed by atoms with Crippen LogP contribution in [-0.2, 0) is 6.42 Å². The highest BCUT2D eigenvalue weighted by molar-refractivity contribution is 9.10. The zero-order valence-corrected chi connectivity index (χ0v) is 13.6. The molecule has 1 unspecified atom stereocenters. The molecule has 0 aromatic heterocycles. The molecule has 0 N–H and O–H groups in total. The van der Waals surface area contributed by atoms with Crippen LogP contribution >= 0.6 is 43.5 Å². The van der Waals surface area contributed by atoms with E-state index in [2.05, 4.69) is 31.9 Å². The van der Waals surface area contributed by atoms with Crippen LogP contribution in [0.2, 0.25) is 5.02 Å². The second-order valence-electron chi connectivity index (χ2n) is 4.09. The molecule has 0 saturated carbocycles. The van der Waals surface area contributed by atoms with Crippen molar-refractivity contribution in [2.75, 3.05) is 0 Å². The van der Waals surface area contributed by atoms with E-state index in [1.54, 1.807) is 18.2 Å². The van der Waals surface area contributed by atoms with E-state index in [4.69, 9.17) is 11.6 Å². The lowest BCUT2D eigenvalue weighted by molar-refractivity contribution is 0.606. The zero-order chi connectivity index (χ0) is 14.0. The second-order valence-corrected chi connectivity index (χ2v) is 6.45. The molecule has 2 aromatic carbocycles. The molecule has 0 spiro atoms. The van der Waals surface area contributed by atoms with Crippen LogP contribution < -0.4 is 0 Å². The maximum atomic E-state index is 13.9. The number of hydrogen-bond acceptors (Lipinski definition) is 0. The highest BCUT2D eigenvalue weighted by atomic mass is 79.9. The molecule has 0 aliphatic carbocycles. The Kier molecular flexibility index (Phi) is 4.98. The van der Waals surface area contributed by atoms with Gasteiger partial charge in [-0.3, -0.25) is 0 Å². The molecule has 1 atom stereocenters. The summed E-state index contributed by atoms with van der Waals surface area (Å²) < 4.78 is 27.2. The van der Waals surface area contributed by atoms with Crippen LogP contribution in [0.15, 0.2) is 40.9 Å². The van der Waals surface area contributed by atoms with E-state index in [1.807, 2.05) is 0 Å². The molecule has 0 aliphatic rings. The second kappa shape index (κ2) is 6.33. The van der Waals surface area contributed by atoms with Crippen LogP contribution in [0.5, 0.6) is 0 Å². The number of alkyl halides is 1. The fraction of sp³-hybridized carbons (Fsp3) is 0.143.